The molecule has 0 aliphatic carbocycles. The lowest BCUT2D eigenvalue weighted by molar-refractivity contribution is 0.0917. The Bertz CT molecular complexity index is 381. The van der Waals surface area contributed by atoms with Gasteiger partial charge in [0.2, 0.25) is 0 Å². The zero-order valence-corrected chi connectivity index (χ0v) is 13.5. The summed E-state index contributed by atoms with van der Waals surface area (Å²) >= 11 is 0. The smallest absolute Gasteiger partial charge is 0.0354 e. The highest BCUT2D eigenvalue weighted by molar-refractivity contribution is 5.24. The first-order valence-electron chi connectivity index (χ1n) is 7.40. The lowest BCUT2D eigenvalue weighted by Crippen LogP contribution is -2.58. The molecule has 0 amide bonds. The molecule has 108 valence electrons. The third kappa shape index (κ3) is 3.58. The molecule has 2 heteroatoms. The number of hydrogen-bond acceptors (Lipinski definition) is 2. The molecule has 2 nitrogen and oxygen atoms in total. The summed E-state index contributed by atoms with van der Waals surface area (Å²) in [5, 5.41) is 3.55. The Balaban J connectivity index is 2.98. The van der Waals surface area contributed by atoms with Crippen LogP contribution in [0.25, 0.3) is 0 Å². The van der Waals surface area contributed by atoms with Crippen molar-refractivity contribution in [1.82, 2.24) is 10.2 Å². The van der Waals surface area contributed by atoms with Crippen LogP contribution in [0.2, 0.25) is 0 Å². The molecule has 0 aromatic heterocycles. The molecule has 19 heavy (non-hydrogen) atoms. The van der Waals surface area contributed by atoms with E-state index >= 15 is 0 Å². The summed E-state index contributed by atoms with van der Waals surface area (Å²) in [5.74, 6) is 0. The molecule has 0 saturated heterocycles. The fraction of sp³-hybridized carbons (Fsp3) is 0.647. The van der Waals surface area contributed by atoms with Crippen molar-refractivity contribution in [2.24, 2.45) is 0 Å². The summed E-state index contributed by atoms with van der Waals surface area (Å²) in [5.41, 5.74) is 2.99. The van der Waals surface area contributed by atoms with Gasteiger partial charge in [-0.15, -0.1) is 0 Å². The van der Waals surface area contributed by atoms with Crippen LogP contribution in [0.15, 0.2) is 24.3 Å². The molecule has 1 aromatic rings. The van der Waals surface area contributed by atoms with E-state index in [0.29, 0.717) is 6.04 Å². The van der Waals surface area contributed by atoms with E-state index in [0.717, 1.165) is 19.3 Å². The fourth-order valence-electron chi connectivity index (χ4n) is 3.32. The number of aryl methyl sites for hydroxylation is 1. The Morgan fingerprint density at radius 2 is 1.84 bits per heavy atom. The Kier molecular flexibility index (Phi) is 6.02. The van der Waals surface area contributed by atoms with E-state index in [1.54, 1.807) is 0 Å². The first-order chi connectivity index (χ1) is 9.00. The zero-order chi connectivity index (χ0) is 14.5. The maximum atomic E-state index is 3.55. The molecule has 1 N–H and O–H groups in total. The van der Waals surface area contributed by atoms with Crippen LogP contribution < -0.4 is 5.32 Å². The molecule has 0 fully saturated rings. The Morgan fingerprint density at radius 3 is 2.26 bits per heavy atom. The molecule has 0 saturated carbocycles. The normalized spacial score (nSPS) is 13.8. The first kappa shape index (κ1) is 16.2. The van der Waals surface area contributed by atoms with Crippen LogP contribution in [0.4, 0.5) is 0 Å². The lowest BCUT2D eigenvalue weighted by Gasteiger charge is -2.45. The quantitative estimate of drug-likeness (QED) is 0.811. The van der Waals surface area contributed by atoms with Crippen molar-refractivity contribution in [1.29, 1.82) is 0 Å². The third-order valence-electron chi connectivity index (χ3n) is 4.63. The summed E-state index contributed by atoms with van der Waals surface area (Å²) in [7, 11) is 6.49. The first-order valence-corrected chi connectivity index (χ1v) is 7.40. The van der Waals surface area contributed by atoms with Crippen molar-refractivity contribution in [3.63, 3.8) is 0 Å². The van der Waals surface area contributed by atoms with Crippen LogP contribution in [-0.4, -0.2) is 37.6 Å². The van der Waals surface area contributed by atoms with Gasteiger partial charge in [-0.25, -0.2) is 0 Å². The second-order valence-electron chi connectivity index (χ2n) is 5.74. The van der Waals surface area contributed by atoms with Gasteiger partial charge in [-0.05, 0) is 52.9 Å². The van der Waals surface area contributed by atoms with E-state index < -0.39 is 0 Å². The van der Waals surface area contributed by atoms with Crippen LogP contribution >= 0.6 is 0 Å². The maximum absolute atomic E-state index is 3.55. The van der Waals surface area contributed by atoms with Gasteiger partial charge < -0.3 is 10.2 Å². The van der Waals surface area contributed by atoms with Crippen molar-refractivity contribution in [2.45, 2.75) is 51.6 Å². The number of nitrogens with one attached hydrogen (secondary N) is 1. The summed E-state index contributed by atoms with van der Waals surface area (Å²) in [6.45, 7) is 6.75. The number of hydrogen-bond donors (Lipinski definition) is 1. The molecule has 1 rings (SSSR count). The Morgan fingerprint density at radius 1 is 1.21 bits per heavy atom. The van der Waals surface area contributed by atoms with Crippen molar-refractivity contribution in [3.05, 3.63) is 35.4 Å². The van der Waals surface area contributed by atoms with Gasteiger partial charge in [0.15, 0.2) is 0 Å². The van der Waals surface area contributed by atoms with Crippen LogP contribution in [0.5, 0.6) is 0 Å². The minimum Gasteiger partial charge on any atom is -0.315 e. The van der Waals surface area contributed by atoms with E-state index in [1.807, 2.05) is 0 Å². The molecule has 0 aliphatic heterocycles. The highest BCUT2D eigenvalue weighted by Gasteiger charge is 2.36. The molecule has 0 heterocycles. The monoisotopic (exact) mass is 262 g/mol. The van der Waals surface area contributed by atoms with Crippen molar-refractivity contribution in [3.8, 4) is 0 Å². The summed E-state index contributed by atoms with van der Waals surface area (Å²) in [6, 6.07) is 9.34. The minimum absolute atomic E-state index is 0.221. The van der Waals surface area contributed by atoms with Crippen molar-refractivity contribution < 1.29 is 0 Å². The van der Waals surface area contributed by atoms with E-state index in [9.17, 15) is 0 Å². The largest absolute Gasteiger partial charge is 0.315 e. The predicted molar refractivity (Wildman–Crippen MR) is 84.7 cm³/mol. The van der Waals surface area contributed by atoms with Gasteiger partial charge >= 0.3 is 0 Å². The van der Waals surface area contributed by atoms with Gasteiger partial charge in [-0.3, -0.25) is 0 Å². The molecule has 1 unspecified atom stereocenters. The van der Waals surface area contributed by atoms with E-state index in [1.165, 1.54) is 11.1 Å². The van der Waals surface area contributed by atoms with Crippen LogP contribution in [0, 0.1) is 6.92 Å². The molecule has 1 atom stereocenters. The summed E-state index contributed by atoms with van der Waals surface area (Å²) in [6.07, 6.45) is 3.40. The molecule has 0 radical (unpaired) electrons. The van der Waals surface area contributed by atoms with Gasteiger partial charge in [-0.2, -0.15) is 0 Å². The molecular formula is C17H30N2. The average Bonchev–Trinajstić information content (AvgIpc) is 2.39. The molecule has 0 spiro atoms. The fourth-order valence-corrected chi connectivity index (χ4v) is 3.32. The lowest BCUT2D eigenvalue weighted by atomic mass is 9.80. The second kappa shape index (κ2) is 7.06. The highest BCUT2D eigenvalue weighted by atomic mass is 15.2. The minimum atomic E-state index is 0.221. The Labute approximate surface area is 119 Å². The maximum Gasteiger partial charge on any atom is 0.0354 e. The number of benzene rings is 1. The van der Waals surface area contributed by atoms with Crippen LogP contribution in [0.3, 0.4) is 0 Å². The van der Waals surface area contributed by atoms with Gasteiger partial charge in [0.1, 0.15) is 0 Å². The average molecular weight is 262 g/mol. The highest BCUT2D eigenvalue weighted by Crippen LogP contribution is 2.28. The summed E-state index contributed by atoms with van der Waals surface area (Å²) < 4.78 is 0. The predicted octanol–water partition coefficient (Wildman–Crippen LogP) is 3.25. The standard InChI is InChI=1S/C17H30N2/c1-7-17(8-2,19(5)6)16(18-4)13-15-11-9-10-14(3)12-15/h9-12,16,18H,7-8,13H2,1-6H3. The second-order valence-corrected chi connectivity index (χ2v) is 5.74. The SMILES string of the molecule is CCC(CC)(C(Cc1cccc(C)c1)NC)N(C)C. The molecule has 1 aromatic carbocycles. The number of likely N-dealkylation sites (N-methyl/N-ethyl adjacent to an activating group) is 2. The van der Waals surface area contributed by atoms with Gasteiger partial charge in [-0.1, -0.05) is 43.7 Å². The zero-order valence-electron chi connectivity index (χ0n) is 13.5. The Hall–Kier alpha value is -0.860. The van der Waals surface area contributed by atoms with E-state index in [2.05, 4.69) is 76.4 Å². The van der Waals surface area contributed by atoms with E-state index in [4.69, 9.17) is 0 Å². The summed E-state index contributed by atoms with van der Waals surface area (Å²) in [4.78, 5) is 2.39. The molecular weight excluding hydrogens is 232 g/mol. The third-order valence-corrected chi connectivity index (χ3v) is 4.63. The van der Waals surface area contributed by atoms with Crippen molar-refractivity contribution in [2.75, 3.05) is 21.1 Å². The van der Waals surface area contributed by atoms with Crippen molar-refractivity contribution >= 4 is 0 Å². The van der Waals surface area contributed by atoms with Gasteiger partial charge in [0.05, 0.1) is 0 Å². The van der Waals surface area contributed by atoms with Gasteiger partial charge in [0, 0.05) is 11.6 Å². The topological polar surface area (TPSA) is 15.3 Å². The molecule has 0 bridgehead atoms. The van der Waals surface area contributed by atoms with E-state index in [-0.39, 0.29) is 5.54 Å². The molecule has 0 aliphatic rings. The number of nitrogens with zero attached hydrogens (tertiary/aromatic N) is 1. The number of rotatable bonds is 7. The van der Waals surface area contributed by atoms with Gasteiger partial charge in [0.25, 0.3) is 0 Å². The van der Waals surface area contributed by atoms with Crippen LogP contribution in [0.1, 0.15) is 37.8 Å². The van der Waals surface area contributed by atoms with Crippen LogP contribution in [-0.2, 0) is 6.42 Å².